The summed E-state index contributed by atoms with van der Waals surface area (Å²) in [5.41, 5.74) is 0. The van der Waals surface area contributed by atoms with E-state index in [-0.39, 0.29) is 6.29 Å². The van der Waals surface area contributed by atoms with Crippen molar-refractivity contribution in [3.63, 3.8) is 0 Å². The van der Waals surface area contributed by atoms with Gasteiger partial charge < -0.3 is 14.4 Å². The largest absolute Gasteiger partial charge is 0.353 e. The third-order valence-corrected chi connectivity index (χ3v) is 2.18. The molecule has 0 saturated carbocycles. The molecule has 1 aliphatic rings. The van der Waals surface area contributed by atoms with Crippen LogP contribution in [0.1, 0.15) is 19.8 Å². The van der Waals surface area contributed by atoms with E-state index in [1.165, 1.54) is 0 Å². The molecule has 1 fully saturated rings. The minimum absolute atomic E-state index is 0.0488. The highest BCUT2D eigenvalue weighted by Crippen LogP contribution is 2.08. The minimum atomic E-state index is 0.0488. The van der Waals surface area contributed by atoms with Gasteiger partial charge in [0.2, 0.25) is 0 Å². The first-order chi connectivity index (χ1) is 5.83. The number of rotatable bonds is 4. The normalized spacial score (nSPS) is 20.2. The average molecular weight is 173 g/mol. The third-order valence-electron chi connectivity index (χ3n) is 2.18. The highest BCUT2D eigenvalue weighted by molar-refractivity contribution is 4.55. The van der Waals surface area contributed by atoms with Crippen molar-refractivity contribution in [1.29, 1.82) is 0 Å². The van der Waals surface area contributed by atoms with Gasteiger partial charge >= 0.3 is 0 Å². The highest BCUT2D eigenvalue weighted by atomic mass is 16.7. The Labute approximate surface area is 74.6 Å². The number of hydrogen-bond acceptors (Lipinski definition) is 3. The second-order valence-electron chi connectivity index (χ2n) is 3.21. The van der Waals surface area contributed by atoms with Crippen LogP contribution in [0.4, 0.5) is 0 Å². The standard InChI is InChI=1S/C9H19NO2/c1-3-10(2)6-5-9-11-7-4-8-12-9/h9H,3-8H2,1-2H3. The molecule has 0 unspecified atom stereocenters. The molecule has 3 heteroatoms. The molecule has 0 aromatic rings. The smallest absolute Gasteiger partial charge is 0.158 e. The Morgan fingerprint density at radius 2 is 2.00 bits per heavy atom. The Hall–Kier alpha value is -0.120. The second kappa shape index (κ2) is 5.51. The van der Waals surface area contributed by atoms with Crippen molar-refractivity contribution >= 4 is 0 Å². The average Bonchev–Trinajstić information content (AvgIpc) is 2.16. The summed E-state index contributed by atoms with van der Waals surface area (Å²) in [6, 6.07) is 0. The van der Waals surface area contributed by atoms with E-state index < -0.39 is 0 Å². The van der Waals surface area contributed by atoms with Crippen LogP contribution in [0.2, 0.25) is 0 Å². The first kappa shape index (κ1) is 9.96. The molecule has 0 N–H and O–H groups in total. The maximum Gasteiger partial charge on any atom is 0.158 e. The molecule has 1 rings (SSSR count). The fraction of sp³-hybridized carbons (Fsp3) is 1.00. The predicted octanol–water partition coefficient (Wildman–Crippen LogP) is 1.09. The van der Waals surface area contributed by atoms with Crippen LogP contribution in [0, 0.1) is 0 Å². The van der Waals surface area contributed by atoms with E-state index in [4.69, 9.17) is 9.47 Å². The van der Waals surface area contributed by atoms with Crippen molar-refractivity contribution in [1.82, 2.24) is 4.90 Å². The summed E-state index contributed by atoms with van der Waals surface area (Å²) in [6.07, 6.45) is 2.08. The lowest BCUT2D eigenvalue weighted by molar-refractivity contribution is -0.182. The molecule has 1 heterocycles. The molecule has 1 saturated heterocycles. The number of hydrogen-bond donors (Lipinski definition) is 0. The molecule has 0 aromatic carbocycles. The zero-order valence-electron chi connectivity index (χ0n) is 8.08. The highest BCUT2D eigenvalue weighted by Gasteiger charge is 2.13. The fourth-order valence-corrected chi connectivity index (χ4v) is 1.19. The Bertz CT molecular complexity index is 113. The molecule has 0 bridgehead atoms. The van der Waals surface area contributed by atoms with Gasteiger partial charge in [-0.25, -0.2) is 0 Å². The summed E-state index contributed by atoms with van der Waals surface area (Å²) in [4.78, 5) is 2.27. The van der Waals surface area contributed by atoms with Gasteiger partial charge in [0.15, 0.2) is 6.29 Å². The Morgan fingerprint density at radius 3 is 2.58 bits per heavy atom. The van der Waals surface area contributed by atoms with Crippen molar-refractivity contribution in [2.24, 2.45) is 0 Å². The van der Waals surface area contributed by atoms with Gasteiger partial charge in [0, 0.05) is 13.0 Å². The van der Waals surface area contributed by atoms with Gasteiger partial charge in [-0.1, -0.05) is 6.92 Å². The van der Waals surface area contributed by atoms with E-state index in [9.17, 15) is 0 Å². The summed E-state index contributed by atoms with van der Waals surface area (Å²) in [6.45, 7) is 6.03. The zero-order valence-corrected chi connectivity index (χ0v) is 8.08. The van der Waals surface area contributed by atoms with Crippen LogP contribution < -0.4 is 0 Å². The lowest BCUT2D eigenvalue weighted by atomic mass is 10.3. The van der Waals surface area contributed by atoms with Crippen LogP contribution in [0.5, 0.6) is 0 Å². The quantitative estimate of drug-likeness (QED) is 0.635. The lowest BCUT2D eigenvalue weighted by Gasteiger charge is -2.24. The first-order valence-electron chi connectivity index (χ1n) is 4.74. The van der Waals surface area contributed by atoms with Crippen molar-refractivity contribution < 1.29 is 9.47 Å². The van der Waals surface area contributed by atoms with E-state index in [2.05, 4.69) is 18.9 Å². The predicted molar refractivity (Wildman–Crippen MR) is 48.1 cm³/mol. The number of ether oxygens (including phenoxy) is 2. The molecule has 0 radical (unpaired) electrons. The summed E-state index contributed by atoms with van der Waals surface area (Å²) in [7, 11) is 2.11. The molecule has 1 aliphatic heterocycles. The summed E-state index contributed by atoms with van der Waals surface area (Å²) >= 11 is 0. The van der Waals surface area contributed by atoms with Gasteiger partial charge in [-0.15, -0.1) is 0 Å². The van der Waals surface area contributed by atoms with E-state index in [0.717, 1.165) is 39.1 Å². The summed E-state index contributed by atoms with van der Waals surface area (Å²) < 4.78 is 10.8. The molecular weight excluding hydrogens is 154 g/mol. The van der Waals surface area contributed by atoms with Crippen molar-refractivity contribution in [3.05, 3.63) is 0 Å². The molecule has 0 aromatic heterocycles. The molecule has 0 spiro atoms. The monoisotopic (exact) mass is 173 g/mol. The second-order valence-corrected chi connectivity index (χ2v) is 3.21. The lowest BCUT2D eigenvalue weighted by Crippen LogP contribution is -2.29. The van der Waals surface area contributed by atoms with Gasteiger partial charge in [0.1, 0.15) is 0 Å². The molecular formula is C9H19NO2. The van der Waals surface area contributed by atoms with E-state index in [1.54, 1.807) is 0 Å². The van der Waals surface area contributed by atoms with Crippen LogP contribution in [0.15, 0.2) is 0 Å². The topological polar surface area (TPSA) is 21.7 Å². The summed E-state index contributed by atoms with van der Waals surface area (Å²) in [5, 5.41) is 0. The van der Waals surface area contributed by atoms with Crippen LogP contribution >= 0.6 is 0 Å². The maximum atomic E-state index is 5.42. The van der Waals surface area contributed by atoms with Crippen molar-refractivity contribution in [2.75, 3.05) is 33.4 Å². The molecule has 72 valence electrons. The van der Waals surface area contributed by atoms with Crippen LogP contribution in [0.3, 0.4) is 0 Å². The minimum Gasteiger partial charge on any atom is -0.353 e. The van der Waals surface area contributed by atoms with Gasteiger partial charge in [-0.05, 0) is 20.0 Å². The van der Waals surface area contributed by atoms with Crippen LogP contribution in [-0.2, 0) is 9.47 Å². The zero-order chi connectivity index (χ0) is 8.81. The fourth-order valence-electron chi connectivity index (χ4n) is 1.19. The first-order valence-corrected chi connectivity index (χ1v) is 4.74. The van der Waals surface area contributed by atoms with Gasteiger partial charge in [-0.2, -0.15) is 0 Å². The van der Waals surface area contributed by atoms with Gasteiger partial charge in [0.05, 0.1) is 13.2 Å². The van der Waals surface area contributed by atoms with Crippen LogP contribution in [0.25, 0.3) is 0 Å². The van der Waals surface area contributed by atoms with E-state index in [1.807, 2.05) is 0 Å². The summed E-state index contributed by atoms with van der Waals surface area (Å²) in [5.74, 6) is 0. The van der Waals surface area contributed by atoms with Gasteiger partial charge in [0.25, 0.3) is 0 Å². The Balaban J connectivity index is 2.05. The molecule has 0 aliphatic carbocycles. The van der Waals surface area contributed by atoms with Gasteiger partial charge in [-0.3, -0.25) is 0 Å². The van der Waals surface area contributed by atoms with Crippen LogP contribution in [-0.4, -0.2) is 44.5 Å². The number of nitrogens with zero attached hydrogens (tertiary/aromatic N) is 1. The molecule has 12 heavy (non-hydrogen) atoms. The molecule has 0 atom stereocenters. The SMILES string of the molecule is CCN(C)CCC1OCCCO1. The maximum absolute atomic E-state index is 5.42. The molecule has 3 nitrogen and oxygen atoms in total. The molecule has 0 amide bonds. The van der Waals surface area contributed by atoms with E-state index >= 15 is 0 Å². The Kier molecular flexibility index (Phi) is 4.58. The third kappa shape index (κ3) is 3.52. The van der Waals surface area contributed by atoms with Crippen molar-refractivity contribution in [2.45, 2.75) is 26.1 Å². The Morgan fingerprint density at radius 1 is 1.33 bits per heavy atom. The van der Waals surface area contributed by atoms with Crippen molar-refractivity contribution in [3.8, 4) is 0 Å². The van der Waals surface area contributed by atoms with E-state index in [0.29, 0.717) is 0 Å².